The van der Waals surface area contributed by atoms with Crippen molar-refractivity contribution in [2.24, 2.45) is 5.73 Å². The van der Waals surface area contributed by atoms with Gasteiger partial charge in [-0.2, -0.15) is 0 Å². The summed E-state index contributed by atoms with van der Waals surface area (Å²) in [6.07, 6.45) is -4.76. The number of nitrogens with two attached hydrogens (primary N) is 1. The van der Waals surface area contributed by atoms with Gasteiger partial charge < -0.3 is 21.1 Å². The van der Waals surface area contributed by atoms with Crippen molar-refractivity contribution in [1.82, 2.24) is 5.32 Å². The predicted molar refractivity (Wildman–Crippen MR) is 76.1 cm³/mol. The average Bonchev–Trinajstić information content (AvgIpc) is 2.28. The van der Waals surface area contributed by atoms with Crippen molar-refractivity contribution in [3.8, 4) is 5.75 Å². The number of anilines is 1. The van der Waals surface area contributed by atoms with Gasteiger partial charge in [0.25, 0.3) is 0 Å². The van der Waals surface area contributed by atoms with Gasteiger partial charge in [0.1, 0.15) is 5.75 Å². The molecule has 1 rings (SSSR count). The van der Waals surface area contributed by atoms with Crippen molar-refractivity contribution in [2.75, 3.05) is 5.32 Å². The van der Waals surface area contributed by atoms with Gasteiger partial charge in [-0.1, -0.05) is 12.2 Å². The number of ether oxygens (including phenoxy) is 1. The number of alkyl halides is 3. The summed E-state index contributed by atoms with van der Waals surface area (Å²) >= 11 is 4.79. The number of halogens is 3. The van der Waals surface area contributed by atoms with Crippen LogP contribution in [-0.4, -0.2) is 22.9 Å². The van der Waals surface area contributed by atoms with Crippen LogP contribution in [0.1, 0.15) is 13.8 Å². The van der Waals surface area contributed by atoms with Gasteiger partial charge in [-0.25, -0.2) is 4.79 Å². The van der Waals surface area contributed by atoms with E-state index in [1.165, 1.54) is 12.1 Å². The first-order valence-electron chi connectivity index (χ1n) is 5.74. The molecule has 0 unspecified atom stereocenters. The summed E-state index contributed by atoms with van der Waals surface area (Å²) in [6, 6.07) is 4.13. The summed E-state index contributed by atoms with van der Waals surface area (Å²) in [4.78, 5) is 11.8. The molecule has 0 aliphatic carbocycles. The standard InChI is InChI=1S/C12H14F3N3O2S/c1-11(2,9(16)21)18-10(19)17-7-3-5-8(6-4-7)20-12(13,14)15/h3-6H,1-2H3,(H2,16,21)(H2,17,18,19). The van der Waals surface area contributed by atoms with Crippen molar-refractivity contribution >= 4 is 28.9 Å². The third-order valence-corrected chi connectivity index (χ3v) is 2.90. The predicted octanol–water partition coefficient (Wildman–Crippen LogP) is 2.77. The Morgan fingerprint density at radius 2 is 1.76 bits per heavy atom. The zero-order valence-corrected chi connectivity index (χ0v) is 12.1. The van der Waals surface area contributed by atoms with Gasteiger partial charge in [0.05, 0.1) is 10.5 Å². The van der Waals surface area contributed by atoms with E-state index in [4.69, 9.17) is 18.0 Å². The molecule has 0 saturated heterocycles. The average molecular weight is 321 g/mol. The van der Waals surface area contributed by atoms with Crippen LogP contribution >= 0.6 is 12.2 Å². The van der Waals surface area contributed by atoms with E-state index < -0.39 is 17.9 Å². The highest BCUT2D eigenvalue weighted by Gasteiger charge is 2.31. The first-order valence-corrected chi connectivity index (χ1v) is 6.15. The first-order chi connectivity index (χ1) is 9.49. The highest BCUT2D eigenvalue weighted by atomic mass is 32.1. The molecule has 0 aliphatic rings. The fourth-order valence-electron chi connectivity index (χ4n) is 1.25. The lowest BCUT2D eigenvalue weighted by Gasteiger charge is -2.24. The molecule has 0 heterocycles. The Balaban J connectivity index is 2.64. The lowest BCUT2D eigenvalue weighted by atomic mass is 10.1. The Morgan fingerprint density at radius 1 is 1.24 bits per heavy atom. The number of amides is 2. The molecule has 0 atom stereocenters. The lowest BCUT2D eigenvalue weighted by molar-refractivity contribution is -0.274. The van der Waals surface area contributed by atoms with Crippen LogP contribution in [0.4, 0.5) is 23.7 Å². The Bertz CT molecular complexity index is 530. The number of carbonyl (C=O) groups is 1. The van der Waals surface area contributed by atoms with E-state index in [0.29, 0.717) is 5.69 Å². The third kappa shape index (κ3) is 5.86. The number of rotatable bonds is 4. The maximum Gasteiger partial charge on any atom is 0.573 e. The van der Waals surface area contributed by atoms with Crippen LogP contribution in [0.3, 0.4) is 0 Å². The summed E-state index contributed by atoms with van der Waals surface area (Å²) in [5, 5.41) is 4.97. The monoisotopic (exact) mass is 321 g/mol. The molecule has 0 spiro atoms. The molecule has 1 aromatic rings. The second kappa shape index (κ2) is 6.17. The molecule has 0 aromatic heterocycles. The number of hydrogen-bond donors (Lipinski definition) is 3. The van der Waals surface area contributed by atoms with Crippen molar-refractivity contribution in [1.29, 1.82) is 0 Å². The number of hydrogen-bond acceptors (Lipinski definition) is 3. The van der Waals surface area contributed by atoms with Gasteiger partial charge in [-0.15, -0.1) is 13.2 Å². The van der Waals surface area contributed by atoms with E-state index >= 15 is 0 Å². The molecule has 9 heteroatoms. The van der Waals surface area contributed by atoms with Crippen LogP contribution in [-0.2, 0) is 0 Å². The molecule has 0 saturated carbocycles. The maximum absolute atomic E-state index is 12.0. The van der Waals surface area contributed by atoms with Crippen LogP contribution in [0.2, 0.25) is 0 Å². The summed E-state index contributed by atoms with van der Waals surface area (Å²) in [7, 11) is 0. The molecule has 5 nitrogen and oxygen atoms in total. The minimum absolute atomic E-state index is 0.103. The first kappa shape index (κ1) is 17.0. The van der Waals surface area contributed by atoms with Crippen LogP contribution in [0.5, 0.6) is 5.75 Å². The van der Waals surface area contributed by atoms with E-state index in [9.17, 15) is 18.0 Å². The molecule has 116 valence electrons. The van der Waals surface area contributed by atoms with E-state index in [2.05, 4.69) is 15.4 Å². The molecule has 0 radical (unpaired) electrons. The normalized spacial score (nSPS) is 11.7. The summed E-state index contributed by atoms with van der Waals surface area (Å²) in [5.74, 6) is -0.378. The van der Waals surface area contributed by atoms with Crippen molar-refractivity contribution in [3.05, 3.63) is 24.3 Å². The molecule has 4 N–H and O–H groups in total. The zero-order chi connectivity index (χ0) is 16.3. The van der Waals surface area contributed by atoms with Crippen molar-refractivity contribution in [2.45, 2.75) is 25.7 Å². The van der Waals surface area contributed by atoms with Gasteiger partial charge in [0, 0.05) is 5.69 Å². The SMILES string of the molecule is CC(C)(NC(=O)Nc1ccc(OC(F)(F)F)cc1)C(N)=S. The Hall–Kier alpha value is -2.03. The van der Waals surface area contributed by atoms with Crippen molar-refractivity contribution in [3.63, 3.8) is 0 Å². The van der Waals surface area contributed by atoms with Gasteiger partial charge in [0.15, 0.2) is 0 Å². The van der Waals surface area contributed by atoms with Crippen LogP contribution < -0.4 is 21.1 Å². The highest BCUT2D eigenvalue weighted by Crippen LogP contribution is 2.23. The minimum Gasteiger partial charge on any atom is -0.406 e. The number of benzene rings is 1. The lowest BCUT2D eigenvalue weighted by Crippen LogP contribution is -2.53. The fourth-order valence-corrected chi connectivity index (χ4v) is 1.30. The van der Waals surface area contributed by atoms with E-state index in [0.717, 1.165) is 12.1 Å². The van der Waals surface area contributed by atoms with Gasteiger partial charge in [0.2, 0.25) is 0 Å². The second-order valence-corrected chi connectivity index (χ2v) is 5.08. The quantitative estimate of drug-likeness (QED) is 0.745. The molecular formula is C12H14F3N3O2S. The summed E-state index contributed by atoms with van der Waals surface area (Å²) in [6.45, 7) is 3.24. The number of thiocarbonyl (C=S) groups is 1. The maximum atomic E-state index is 12.0. The molecule has 2 amide bonds. The Morgan fingerprint density at radius 3 is 2.19 bits per heavy atom. The summed E-state index contributed by atoms with van der Waals surface area (Å²) < 4.78 is 39.7. The highest BCUT2D eigenvalue weighted by molar-refractivity contribution is 7.80. The van der Waals surface area contributed by atoms with Crippen LogP contribution in [0.25, 0.3) is 0 Å². The molecule has 1 aromatic carbocycles. The van der Waals surface area contributed by atoms with E-state index in [-0.39, 0.29) is 10.7 Å². The Labute approximate surface area is 124 Å². The number of carbonyl (C=O) groups excluding carboxylic acids is 1. The number of nitrogens with one attached hydrogen (secondary N) is 2. The molecule has 0 bridgehead atoms. The van der Waals surface area contributed by atoms with E-state index in [1.54, 1.807) is 13.8 Å². The van der Waals surface area contributed by atoms with E-state index in [1.807, 2.05) is 0 Å². The minimum atomic E-state index is -4.76. The molecule has 0 aliphatic heterocycles. The zero-order valence-electron chi connectivity index (χ0n) is 11.2. The number of urea groups is 1. The van der Waals surface area contributed by atoms with Gasteiger partial charge in [-0.05, 0) is 38.1 Å². The van der Waals surface area contributed by atoms with Crippen molar-refractivity contribution < 1.29 is 22.7 Å². The van der Waals surface area contributed by atoms with Crippen LogP contribution in [0.15, 0.2) is 24.3 Å². The summed E-state index contributed by atoms with van der Waals surface area (Å²) in [5.41, 5.74) is 4.86. The van der Waals surface area contributed by atoms with Gasteiger partial charge in [-0.3, -0.25) is 0 Å². The molecule has 21 heavy (non-hydrogen) atoms. The fraction of sp³-hybridized carbons (Fsp3) is 0.333. The molecular weight excluding hydrogens is 307 g/mol. The van der Waals surface area contributed by atoms with Gasteiger partial charge >= 0.3 is 12.4 Å². The Kier molecular flexibility index (Phi) is 5.00. The topological polar surface area (TPSA) is 76.4 Å². The molecule has 0 fully saturated rings. The second-order valence-electron chi connectivity index (χ2n) is 4.64. The third-order valence-electron chi connectivity index (χ3n) is 2.39. The largest absolute Gasteiger partial charge is 0.573 e. The van der Waals surface area contributed by atoms with Crippen LogP contribution in [0, 0.1) is 0 Å². The smallest absolute Gasteiger partial charge is 0.406 e.